The van der Waals surface area contributed by atoms with Crippen LogP contribution in [0.1, 0.15) is 12.0 Å². The highest BCUT2D eigenvalue weighted by Gasteiger charge is 2.29. The molecule has 1 unspecified atom stereocenters. The summed E-state index contributed by atoms with van der Waals surface area (Å²) in [5, 5.41) is 0. The number of carbonyl (C=O) groups excluding carboxylic acids is 1. The smallest absolute Gasteiger partial charge is 0.278 e. The minimum absolute atomic E-state index is 0.0411. The van der Waals surface area contributed by atoms with Crippen LogP contribution in [-0.2, 0) is 11.2 Å². The average Bonchev–Trinajstić information content (AvgIpc) is 3.17. The Labute approximate surface area is 158 Å². The monoisotopic (exact) mass is 373 g/mol. The standard InChI is InChI=1S/C19H23N3O5/c1-24-15-5-4-13(10-16(15)25-2)11-17(23)22-9-6-14(12-22)27-19-18(26-3)20-7-8-21-19/h4-5,7-8,10,14H,6,9,11-12H2,1-3H3. The normalized spacial score (nSPS) is 16.1. The summed E-state index contributed by atoms with van der Waals surface area (Å²) in [7, 11) is 4.68. The molecule has 1 aliphatic heterocycles. The van der Waals surface area contributed by atoms with Crippen LogP contribution in [0.5, 0.6) is 23.3 Å². The molecule has 1 aromatic carbocycles. The third-order valence-corrected chi connectivity index (χ3v) is 4.41. The van der Waals surface area contributed by atoms with Gasteiger partial charge in [0.05, 0.1) is 34.3 Å². The van der Waals surface area contributed by atoms with E-state index in [2.05, 4.69) is 9.97 Å². The topological polar surface area (TPSA) is 83.0 Å². The number of carbonyl (C=O) groups is 1. The Balaban J connectivity index is 1.59. The Morgan fingerprint density at radius 2 is 1.81 bits per heavy atom. The third kappa shape index (κ3) is 4.39. The van der Waals surface area contributed by atoms with E-state index in [1.165, 1.54) is 7.11 Å². The molecular formula is C19H23N3O5. The first kappa shape index (κ1) is 18.8. The summed E-state index contributed by atoms with van der Waals surface area (Å²) in [4.78, 5) is 22.6. The molecule has 2 aromatic rings. The SMILES string of the molecule is COc1ccc(CC(=O)N2CCC(Oc3nccnc3OC)C2)cc1OC. The molecule has 0 spiro atoms. The molecule has 0 saturated carbocycles. The van der Waals surface area contributed by atoms with Gasteiger partial charge in [-0.1, -0.05) is 6.07 Å². The summed E-state index contributed by atoms with van der Waals surface area (Å²) < 4.78 is 21.5. The van der Waals surface area contributed by atoms with Gasteiger partial charge >= 0.3 is 0 Å². The minimum atomic E-state index is -0.134. The van der Waals surface area contributed by atoms with E-state index < -0.39 is 0 Å². The van der Waals surface area contributed by atoms with E-state index in [0.717, 1.165) is 12.0 Å². The highest BCUT2D eigenvalue weighted by atomic mass is 16.5. The number of hydrogen-bond donors (Lipinski definition) is 0. The first-order chi connectivity index (χ1) is 13.1. The number of likely N-dealkylation sites (tertiary alicyclic amines) is 1. The lowest BCUT2D eigenvalue weighted by atomic mass is 10.1. The van der Waals surface area contributed by atoms with Gasteiger partial charge in [0.15, 0.2) is 11.5 Å². The van der Waals surface area contributed by atoms with E-state index in [-0.39, 0.29) is 12.0 Å². The Hall–Kier alpha value is -3.03. The zero-order valence-electron chi connectivity index (χ0n) is 15.7. The number of methoxy groups -OCH3 is 3. The van der Waals surface area contributed by atoms with Gasteiger partial charge in [0, 0.05) is 25.4 Å². The van der Waals surface area contributed by atoms with Crippen molar-refractivity contribution in [2.45, 2.75) is 18.9 Å². The molecule has 3 rings (SSSR count). The number of nitrogens with zero attached hydrogens (tertiary/aromatic N) is 3. The molecule has 1 fully saturated rings. The van der Waals surface area contributed by atoms with Crippen LogP contribution in [0.25, 0.3) is 0 Å². The van der Waals surface area contributed by atoms with Gasteiger partial charge in [-0.15, -0.1) is 0 Å². The zero-order chi connectivity index (χ0) is 19.2. The molecule has 0 bridgehead atoms. The summed E-state index contributed by atoms with van der Waals surface area (Å²) in [5.74, 6) is 1.98. The van der Waals surface area contributed by atoms with E-state index >= 15 is 0 Å². The third-order valence-electron chi connectivity index (χ3n) is 4.41. The maximum atomic E-state index is 12.6. The molecule has 0 N–H and O–H groups in total. The number of hydrogen-bond acceptors (Lipinski definition) is 7. The van der Waals surface area contributed by atoms with Gasteiger partial charge in [-0.05, 0) is 17.7 Å². The number of rotatable bonds is 7. The second kappa shape index (κ2) is 8.57. The van der Waals surface area contributed by atoms with Crippen molar-refractivity contribution in [1.82, 2.24) is 14.9 Å². The molecule has 1 amide bonds. The van der Waals surface area contributed by atoms with Crippen molar-refractivity contribution in [1.29, 1.82) is 0 Å². The summed E-state index contributed by atoms with van der Waals surface area (Å²) in [5.41, 5.74) is 0.873. The average molecular weight is 373 g/mol. The molecule has 1 aromatic heterocycles. The molecule has 27 heavy (non-hydrogen) atoms. The Bertz CT molecular complexity index is 799. The van der Waals surface area contributed by atoms with Crippen LogP contribution in [0.4, 0.5) is 0 Å². The van der Waals surface area contributed by atoms with E-state index in [4.69, 9.17) is 18.9 Å². The van der Waals surface area contributed by atoms with E-state index in [1.54, 1.807) is 37.6 Å². The number of benzene rings is 1. The zero-order valence-corrected chi connectivity index (χ0v) is 15.7. The van der Waals surface area contributed by atoms with Gasteiger partial charge in [-0.2, -0.15) is 0 Å². The Morgan fingerprint density at radius 3 is 2.52 bits per heavy atom. The molecule has 144 valence electrons. The highest BCUT2D eigenvalue weighted by Crippen LogP contribution is 2.28. The van der Waals surface area contributed by atoms with Gasteiger partial charge in [-0.25, -0.2) is 9.97 Å². The lowest BCUT2D eigenvalue weighted by molar-refractivity contribution is -0.129. The summed E-state index contributed by atoms with van der Waals surface area (Å²) in [6.07, 6.45) is 3.98. The molecular weight excluding hydrogens is 350 g/mol. The van der Waals surface area contributed by atoms with Gasteiger partial charge in [0.1, 0.15) is 6.10 Å². The van der Waals surface area contributed by atoms with Crippen LogP contribution < -0.4 is 18.9 Å². The molecule has 2 heterocycles. The van der Waals surface area contributed by atoms with E-state index in [9.17, 15) is 4.79 Å². The number of ether oxygens (including phenoxy) is 4. The fourth-order valence-corrected chi connectivity index (χ4v) is 3.02. The second-order valence-electron chi connectivity index (χ2n) is 6.11. The summed E-state index contributed by atoms with van der Waals surface area (Å²) in [6.45, 7) is 1.14. The van der Waals surface area contributed by atoms with Gasteiger partial charge in [0.25, 0.3) is 11.8 Å². The van der Waals surface area contributed by atoms with Crippen molar-refractivity contribution in [2.24, 2.45) is 0 Å². The predicted molar refractivity (Wildman–Crippen MR) is 97.4 cm³/mol. The van der Waals surface area contributed by atoms with Crippen LogP contribution in [0.3, 0.4) is 0 Å². The number of aromatic nitrogens is 2. The minimum Gasteiger partial charge on any atom is -0.493 e. The van der Waals surface area contributed by atoms with Crippen molar-refractivity contribution < 1.29 is 23.7 Å². The Morgan fingerprint density at radius 1 is 1.07 bits per heavy atom. The molecule has 1 aliphatic rings. The first-order valence-electron chi connectivity index (χ1n) is 8.65. The molecule has 8 nitrogen and oxygen atoms in total. The van der Waals surface area contributed by atoms with Crippen molar-refractivity contribution >= 4 is 5.91 Å². The molecule has 0 radical (unpaired) electrons. The fraction of sp³-hybridized carbons (Fsp3) is 0.421. The maximum Gasteiger partial charge on any atom is 0.278 e. The van der Waals surface area contributed by atoms with Crippen LogP contribution in [0.15, 0.2) is 30.6 Å². The van der Waals surface area contributed by atoms with Crippen LogP contribution in [-0.4, -0.2) is 61.3 Å². The molecule has 8 heteroatoms. The van der Waals surface area contributed by atoms with Crippen LogP contribution in [0, 0.1) is 0 Å². The van der Waals surface area contributed by atoms with Crippen molar-refractivity contribution in [3.05, 3.63) is 36.2 Å². The molecule has 1 saturated heterocycles. The largest absolute Gasteiger partial charge is 0.493 e. The fourth-order valence-electron chi connectivity index (χ4n) is 3.02. The van der Waals surface area contributed by atoms with E-state index in [1.807, 2.05) is 12.1 Å². The molecule has 1 atom stereocenters. The van der Waals surface area contributed by atoms with E-state index in [0.29, 0.717) is 42.8 Å². The summed E-state index contributed by atoms with van der Waals surface area (Å²) in [6, 6.07) is 5.50. The predicted octanol–water partition coefficient (Wildman–Crippen LogP) is 1.72. The number of amides is 1. The van der Waals surface area contributed by atoms with Crippen molar-refractivity contribution in [3.63, 3.8) is 0 Å². The second-order valence-corrected chi connectivity index (χ2v) is 6.11. The summed E-state index contributed by atoms with van der Waals surface area (Å²) >= 11 is 0. The van der Waals surface area contributed by atoms with Gasteiger partial charge in [-0.3, -0.25) is 4.79 Å². The Kier molecular flexibility index (Phi) is 5.95. The van der Waals surface area contributed by atoms with Crippen molar-refractivity contribution in [3.8, 4) is 23.3 Å². The van der Waals surface area contributed by atoms with Crippen LogP contribution >= 0.6 is 0 Å². The molecule has 0 aliphatic carbocycles. The van der Waals surface area contributed by atoms with Gasteiger partial charge in [0.2, 0.25) is 5.91 Å². The quantitative estimate of drug-likeness (QED) is 0.731. The highest BCUT2D eigenvalue weighted by molar-refractivity contribution is 5.79. The lowest BCUT2D eigenvalue weighted by Crippen LogP contribution is -2.32. The van der Waals surface area contributed by atoms with Crippen LogP contribution in [0.2, 0.25) is 0 Å². The first-order valence-corrected chi connectivity index (χ1v) is 8.65. The maximum absolute atomic E-state index is 12.6. The van der Waals surface area contributed by atoms with Gasteiger partial charge < -0.3 is 23.8 Å². The lowest BCUT2D eigenvalue weighted by Gasteiger charge is -2.18. The van der Waals surface area contributed by atoms with Crippen molar-refractivity contribution in [2.75, 3.05) is 34.4 Å².